The van der Waals surface area contributed by atoms with Crippen molar-refractivity contribution in [2.75, 3.05) is 24.7 Å². The summed E-state index contributed by atoms with van der Waals surface area (Å²) < 4.78 is 28.3. The molecule has 0 saturated heterocycles. The average Bonchev–Trinajstić information content (AvgIpc) is 3.20. The topological polar surface area (TPSA) is 136 Å². The SMILES string of the molecule is COc1ccc(Nc2nnc(SCC(=O)NCCc3ccc(S(N)(=O)=O)cc3)s2)cc1. The second-order valence-electron chi connectivity index (χ2n) is 6.30. The van der Waals surface area contributed by atoms with Gasteiger partial charge in [-0.1, -0.05) is 35.2 Å². The maximum Gasteiger partial charge on any atom is 0.238 e. The van der Waals surface area contributed by atoms with Crippen molar-refractivity contribution in [1.82, 2.24) is 15.5 Å². The van der Waals surface area contributed by atoms with Crippen LogP contribution in [0.1, 0.15) is 5.56 Å². The molecule has 0 aliphatic carbocycles. The fourth-order valence-corrected chi connectivity index (χ4v) is 4.60. The number of carbonyl (C=O) groups is 1. The van der Waals surface area contributed by atoms with Crippen LogP contribution in [0, 0.1) is 0 Å². The molecule has 0 radical (unpaired) electrons. The molecule has 0 aliphatic rings. The van der Waals surface area contributed by atoms with Gasteiger partial charge in [0.05, 0.1) is 17.8 Å². The van der Waals surface area contributed by atoms with Gasteiger partial charge in [-0.25, -0.2) is 13.6 Å². The molecule has 31 heavy (non-hydrogen) atoms. The Hall–Kier alpha value is -2.67. The van der Waals surface area contributed by atoms with Gasteiger partial charge < -0.3 is 15.4 Å². The Morgan fingerprint density at radius 3 is 2.48 bits per heavy atom. The van der Waals surface area contributed by atoms with Gasteiger partial charge in [0.2, 0.25) is 21.1 Å². The number of hydrogen-bond acceptors (Lipinski definition) is 9. The second-order valence-corrected chi connectivity index (χ2v) is 10.1. The van der Waals surface area contributed by atoms with E-state index in [0.29, 0.717) is 22.4 Å². The Balaban J connectivity index is 1.39. The predicted molar refractivity (Wildman–Crippen MR) is 121 cm³/mol. The van der Waals surface area contributed by atoms with Gasteiger partial charge in [-0.3, -0.25) is 4.79 Å². The van der Waals surface area contributed by atoms with Crippen molar-refractivity contribution in [1.29, 1.82) is 0 Å². The monoisotopic (exact) mass is 479 g/mol. The van der Waals surface area contributed by atoms with Gasteiger partial charge in [-0.15, -0.1) is 10.2 Å². The van der Waals surface area contributed by atoms with Crippen molar-refractivity contribution >= 4 is 49.8 Å². The molecule has 164 valence electrons. The van der Waals surface area contributed by atoms with E-state index in [4.69, 9.17) is 9.88 Å². The number of hydrogen-bond donors (Lipinski definition) is 3. The lowest BCUT2D eigenvalue weighted by molar-refractivity contribution is -0.118. The minimum absolute atomic E-state index is 0.0644. The molecular formula is C19H21N5O4S3. The van der Waals surface area contributed by atoms with Crippen molar-refractivity contribution in [3.05, 3.63) is 54.1 Å². The van der Waals surface area contributed by atoms with Crippen molar-refractivity contribution in [3.63, 3.8) is 0 Å². The third-order valence-electron chi connectivity index (χ3n) is 4.06. The van der Waals surface area contributed by atoms with E-state index in [1.807, 2.05) is 24.3 Å². The highest BCUT2D eigenvalue weighted by Crippen LogP contribution is 2.28. The van der Waals surface area contributed by atoms with Crippen LogP contribution in [-0.4, -0.2) is 43.9 Å². The lowest BCUT2D eigenvalue weighted by Gasteiger charge is -2.05. The molecule has 1 aromatic heterocycles. The van der Waals surface area contributed by atoms with Crippen molar-refractivity contribution in [2.24, 2.45) is 5.14 Å². The van der Waals surface area contributed by atoms with Crippen LogP contribution in [0.3, 0.4) is 0 Å². The van der Waals surface area contributed by atoms with Gasteiger partial charge in [-0.05, 0) is 48.4 Å². The summed E-state index contributed by atoms with van der Waals surface area (Å²) in [5.41, 5.74) is 1.77. The normalized spacial score (nSPS) is 11.2. The first-order valence-electron chi connectivity index (χ1n) is 9.09. The van der Waals surface area contributed by atoms with Crippen LogP contribution in [0.2, 0.25) is 0 Å². The molecule has 1 heterocycles. The fourth-order valence-electron chi connectivity index (χ4n) is 2.49. The van der Waals surface area contributed by atoms with Crippen LogP contribution in [0.4, 0.5) is 10.8 Å². The van der Waals surface area contributed by atoms with E-state index in [9.17, 15) is 13.2 Å². The number of benzene rings is 2. The van der Waals surface area contributed by atoms with Crippen molar-refractivity contribution in [3.8, 4) is 5.75 Å². The molecule has 9 nitrogen and oxygen atoms in total. The quantitative estimate of drug-likeness (QED) is 0.377. The minimum Gasteiger partial charge on any atom is -0.497 e. The molecule has 0 unspecified atom stereocenters. The van der Waals surface area contributed by atoms with Crippen molar-refractivity contribution in [2.45, 2.75) is 15.7 Å². The number of carbonyl (C=O) groups excluding carboxylic acids is 1. The summed E-state index contributed by atoms with van der Waals surface area (Å²) in [6, 6.07) is 13.7. The highest BCUT2D eigenvalue weighted by Gasteiger charge is 2.09. The first-order chi connectivity index (χ1) is 14.8. The molecular weight excluding hydrogens is 458 g/mol. The lowest BCUT2D eigenvalue weighted by atomic mass is 10.1. The van der Waals surface area contributed by atoms with E-state index < -0.39 is 10.0 Å². The number of ether oxygens (including phenoxy) is 1. The van der Waals surface area contributed by atoms with E-state index in [2.05, 4.69) is 20.8 Å². The minimum atomic E-state index is -3.70. The lowest BCUT2D eigenvalue weighted by Crippen LogP contribution is -2.27. The fraction of sp³-hybridized carbons (Fsp3) is 0.211. The Labute approximate surface area is 188 Å². The number of rotatable bonds is 10. The molecule has 2 aromatic carbocycles. The Kier molecular flexibility index (Phi) is 7.85. The molecule has 0 saturated carbocycles. The molecule has 3 rings (SSSR count). The summed E-state index contributed by atoms with van der Waals surface area (Å²) in [5.74, 6) is 0.873. The second kappa shape index (κ2) is 10.6. The Morgan fingerprint density at radius 1 is 1.13 bits per heavy atom. The number of anilines is 2. The van der Waals surface area contributed by atoms with Crippen LogP contribution >= 0.6 is 23.1 Å². The number of primary sulfonamides is 1. The maximum absolute atomic E-state index is 12.1. The largest absolute Gasteiger partial charge is 0.497 e. The molecule has 0 aliphatic heterocycles. The number of thioether (sulfide) groups is 1. The number of nitrogens with two attached hydrogens (primary N) is 1. The summed E-state index contributed by atoms with van der Waals surface area (Å²) in [5, 5.41) is 19.9. The van der Waals surface area contributed by atoms with Crippen LogP contribution in [0.5, 0.6) is 5.75 Å². The van der Waals surface area contributed by atoms with Gasteiger partial charge in [0.25, 0.3) is 0 Å². The number of aromatic nitrogens is 2. The molecule has 0 spiro atoms. The number of sulfonamides is 1. The van der Waals surface area contributed by atoms with E-state index >= 15 is 0 Å². The zero-order valence-electron chi connectivity index (χ0n) is 16.6. The zero-order chi connectivity index (χ0) is 22.3. The smallest absolute Gasteiger partial charge is 0.238 e. The third kappa shape index (κ3) is 7.21. The Bertz CT molecular complexity index is 1120. The molecule has 4 N–H and O–H groups in total. The number of nitrogens with zero attached hydrogens (tertiary/aromatic N) is 2. The molecule has 1 amide bonds. The maximum atomic E-state index is 12.1. The highest BCUT2D eigenvalue weighted by molar-refractivity contribution is 8.01. The van der Waals surface area contributed by atoms with Gasteiger partial charge in [0.1, 0.15) is 5.75 Å². The molecule has 12 heteroatoms. The zero-order valence-corrected chi connectivity index (χ0v) is 19.0. The number of nitrogens with one attached hydrogen (secondary N) is 2. The first kappa shape index (κ1) is 23.0. The Morgan fingerprint density at radius 2 is 1.84 bits per heavy atom. The summed E-state index contributed by atoms with van der Waals surface area (Å²) >= 11 is 2.67. The number of amides is 1. The summed E-state index contributed by atoms with van der Waals surface area (Å²) in [7, 11) is -2.09. The van der Waals surface area contributed by atoms with Crippen molar-refractivity contribution < 1.29 is 17.9 Å². The van der Waals surface area contributed by atoms with Gasteiger partial charge in [0, 0.05) is 12.2 Å². The molecule has 0 fully saturated rings. The average molecular weight is 480 g/mol. The van der Waals surface area contributed by atoms with E-state index in [1.54, 1.807) is 19.2 Å². The number of methoxy groups -OCH3 is 1. The molecule has 0 atom stereocenters. The van der Waals surface area contributed by atoms with Gasteiger partial charge in [-0.2, -0.15) is 0 Å². The highest BCUT2D eigenvalue weighted by atomic mass is 32.2. The van der Waals surface area contributed by atoms with Crippen LogP contribution in [0.15, 0.2) is 57.8 Å². The molecule has 0 bridgehead atoms. The van der Waals surface area contributed by atoms with Crippen LogP contribution in [0.25, 0.3) is 0 Å². The summed E-state index contributed by atoms with van der Waals surface area (Å²) in [6.45, 7) is 0.439. The predicted octanol–water partition coefficient (Wildman–Crippen LogP) is 2.39. The molecule has 3 aromatic rings. The standard InChI is InChI=1S/C19H21N5O4S3/c1-28-15-6-4-14(5-7-15)22-18-23-24-19(30-18)29-12-17(25)21-11-10-13-2-8-16(9-3-13)31(20,26)27/h2-9H,10-12H2,1H3,(H,21,25)(H,22,23)(H2,20,26,27). The third-order valence-corrected chi connectivity index (χ3v) is 6.96. The van der Waals surface area contributed by atoms with E-state index in [1.165, 1.54) is 35.2 Å². The van der Waals surface area contributed by atoms with Crippen LogP contribution < -0.4 is 20.5 Å². The summed E-state index contributed by atoms with van der Waals surface area (Å²) in [4.78, 5) is 12.1. The summed E-state index contributed by atoms with van der Waals surface area (Å²) in [6.07, 6.45) is 0.579. The van der Waals surface area contributed by atoms with E-state index in [0.717, 1.165) is 17.0 Å². The van der Waals surface area contributed by atoms with E-state index in [-0.39, 0.29) is 16.6 Å². The van der Waals surface area contributed by atoms with Gasteiger partial charge >= 0.3 is 0 Å². The van der Waals surface area contributed by atoms with Crippen LogP contribution in [-0.2, 0) is 21.2 Å². The van der Waals surface area contributed by atoms with Gasteiger partial charge in [0.15, 0.2) is 4.34 Å². The first-order valence-corrected chi connectivity index (χ1v) is 12.4.